The van der Waals surface area contributed by atoms with Gasteiger partial charge in [-0.1, -0.05) is 26.8 Å². The summed E-state index contributed by atoms with van der Waals surface area (Å²) in [5.41, 5.74) is 6.18. The molecule has 106 valence electrons. The molecule has 1 fully saturated rings. The fraction of sp³-hybridized carbons (Fsp3) is 0.667. The van der Waals surface area contributed by atoms with E-state index < -0.39 is 6.04 Å². The van der Waals surface area contributed by atoms with Crippen LogP contribution in [0, 0.1) is 11.3 Å². The number of hydrogen-bond acceptors (Lipinski definition) is 4. The minimum Gasteiger partial charge on any atom is -0.461 e. The Hall–Kier alpha value is -0.870. The second-order valence-corrected chi connectivity index (χ2v) is 7.44. The topological polar surface area (TPSA) is 52.3 Å². The van der Waals surface area contributed by atoms with E-state index in [2.05, 4.69) is 20.8 Å². The maximum Gasteiger partial charge on any atom is 0.328 e. The molecule has 1 aliphatic carbocycles. The molecule has 0 spiro atoms. The van der Waals surface area contributed by atoms with Crippen molar-refractivity contribution in [1.82, 2.24) is 0 Å². The molecule has 1 heterocycles. The van der Waals surface area contributed by atoms with Gasteiger partial charge in [0.05, 0.1) is 0 Å². The number of thiophene rings is 1. The van der Waals surface area contributed by atoms with E-state index in [1.165, 1.54) is 17.8 Å². The molecule has 1 aromatic heterocycles. The van der Waals surface area contributed by atoms with Crippen LogP contribution in [0.4, 0.5) is 0 Å². The van der Waals surface area contributed by atoms with Crippen molar-refractivity contribution in [3.63, 3.8) is 0 Å². The number of esters is 1. The summed E-state index contributed by atoms with van der Waals surface area (Å²) >= 11 is 1.50. The summed E-state index contributed by atoms with van der Waals surface area (Å²) in [6, 6.07) is 3.14. The average Bonchev–Trinajstić information content (AvgIpc) is 2.78. The molecule has 3 unspecified atom stereocenters. The highest BCUT2D eigenvalue weighted by Crippen LogP contribution is 2.40. The number of carbonyl (C=O) groups is 1. The van der Waals surface area contributed by atoms with Crippen molar-refractivity contribution in [2.24, 2.45) is 17.1 Å². The van der Waals surface area contributed by atoms with Crippen molar-refractivity contribution in [2.45, 2.75) is 52.2 Å². The summed E-state index contributed by atoms with van der Waals surface area (Å²) in [6.45, 7) is 6.70. The van der Waals surface area contributed by atoms with E-state index in [4.69, 9.17) is 10.5 Å². The van der Waals surface area contributed by atoms with Gasteiger partial charge in [-0.2, -0.15) is 0 Å². The zero-order valence-electron chi connectivity index (χ0n) is 11.9. The Bertz CT molecular complexity index is 427. The molecule has 3 atom stereocenters. The van der Waals surface area contributed by atoms with Gasteiger partial charge in [-0.05, 0) is 42.0 Å². The minimum atomic E-state index is -0.639. The van der Waals surface area contributed by atoms with Gasteiger partial charge >= 0.3 is 5.97 Å². The number of rotatable bonds is 3. The van der Waals surface area contributed by atoms with E-state index in [0.717, 1.165) is 17.7 Å². The number of nitrogens with two attached hydrogens (primary N) is 1. The lowest BCUT2D eigenvalue weighted by atomic mass is 9.71. The second-order valence-electron chi connectivity index (χ2n) is 6.47. The lowest BCUT2D eigenvalue weighted by Crippen LogP contribution is -2.36. The molecule has 3 nitrogen and oxygen atoms in total. The second kappa shape index (κ2) is 5.63. The predicted molar refractivity (Wildman–Crippen MR) is 77.9 cm³/mol. The van der Waals surface area contributed by atoms with Gasteiger partial charge in [-0.25, -0.2) is 4.79 Å². The van der Waals surface area contributed by atoms with Crippen LogP contribution in [0.25, 0.3) is 0 Å². The summed E-state index contributed by atoms with van der Waals surface area (Å²) < 4.78 is 5.63. The van der Waals surface area contributed by atoms with Gasteiger partial charge in [0, 0.05) is 4.88 Å². The highest BCUT2D eigenvalue weighted by molar-refractivity contribution is 7.10. The van der Waals surface area contributed by atoms with Gasteiger partial charge in [0.15, 0.2) is 0 Å². The molecule has 4 heteroatoms. The molecule has 0 aliphatic heterocycles. The first-order valence-corrected chi connectivity index (χ1v) is 7.75. The van der Waals surface area contributed by atoms with Crippen molar-refractivity contribution in [3.8, 4) is 0 Å². The van der Waals surface area contributed by atoms with Crippen molar-refractivity contribution in [2.75, 3.05) is 0 Å². The number of carbonyl (C=O) groups excluding carboxylic acids is 1. The van der Waals surface area contributed by atoms with E-state index in [-0.39, 0.29) is 17.5 Å². The summed E-state index contributed by atoms with van der Waals surface area (Å²) in [6.07, 6.45) is 3.09. The molecule has 2 N–H and O–H groups in total. The Balaban J connectivity index is 1.95. The first kappa shape index (κ1) is 14.5. The van der Waals surface area contributed by atoms with Gasteiger partial charge in [0.25, 0.3) is 0 Å². The van der Waals surface area contributed by atoms with Crippen LogP contribution in [0.15, 0.2) is 17.5 Å². The highest BCUT2D eigenvalue weighted by atomic mass is 32.1. The fourth-order valence-electron chi connectivity index (χ4n) is 3.17. The van der Waals surface area contributed by atoms with E-state index >= 15 is 0 Å². The Morgan fingerprint density at radius 2 is 2.26 bits per heavy atom. The predicted octanol–water partition coefficient (Wildman–Crippen LogP) is 3.51. The highest BCUT2D eigenvalue weighted by Gasteiger charge is 2.34. The first-order valence-electron chi connectivity index (χ1n) is 6.87. The standard InChI is InChI=1S/C15H23NO2S/c1-10-7-11(9-15(2,3)8-10)18-14(17)13(16)12-5-4-6-19-12/h4-6,10-11,13H,7-9,16H2,1-3H3. The average molecular weight is 281 g/mol. The van der Waals surface area contributed by atoms with Crippen LogP contribution < -0.4 is 5.73 Å². The van der Waals surface area contributed by atoms with Crippen molar-refractivity contribution >= 4 is 17.3 Å². The normalized spacial score (nSPS) is 27.8. The molecular formula is C15H23NO2S. The van der Waals surface area contributed by atoms with Crippen LogP contribution in [0.2, 0.25) is 0 Å². The molecule has 2 rings (SSSR count). The molecule has 1 aromatic rings. The maximum absolute atomic E-state index is 12.1. The van der Waals surface area contributed by atoms with Crippen LogP contribution in [0.1, 0.15) is 51.0 Å². The van der Waals surface area contributed by atoms with Crippen LogP contribution >= 0.6 is 11.3 Å². The molecule has 1 saturated carbocycles. The lowest BCUT2D eigenvalue weighted by molar-refractivity contribution is -0.155. The number of hydrogen-bond donors (Lipinski definition) is 1. The third-order valence-corrected chi connectivity index (χ3v) is 4.69. The van der Waals surface area contributed by atoms with Crippen molar-refractivity contribution in [1.29, 1.82) is 0 Å². The van der Waals surface area contributed by atoms with Crippen molar-refractivity contribution in [3.05, 3.63) is 22.4 Å². The summed E-state index contributed by atoms with van der Waals surface area (Å²) in [7, 11) is 0. The Morgan fingerprint density at radius 1 is 1.53 bits per heavy atom. The molecule has 0 radical (unpaired) electrons. The monoisotopic (exact) mass is 281 g/mol. The lowest BCUT2D eigenvalue weighted by Gasteiger charge is -2.38. The van der Waals surface area contributed by atoms with E-state index in [9.17, 15) is 4.79 Å². The molecule has 0 aromatic carbocycles. The molecule has 1 aliphatic rings. The first-order chi connectivity index (χ1) is 8.87. The Kier molecular flexibility index (Phi) is 4.31. The van der Waals surface area contributed by atoms with Gasteiger partial charge < -0.3 is 10.5 Å². The van der Waals surface area contributed by atoms with Crippen molar-refractivity contribution < 1.29 is 9.53 Å². The summed E-state index contributed by atoms with van der Waals surface area (Å²) in [5, 5.41) is 1.92. The maximum atomic E-state index is 12.1. The quantitative estimate of drug-likeness (QED) is 0.863. The molecule has 0 bridgehead atoms. The van der Waals surface area contributed by atoms with E-state index in [0.29, 0.717) is 5.92 Å². The van der Waals surface area contributed by atoms with Crippen LogP contribution in [-0.4, -0.2) is 12.1 Å². The molecule has 0 saturated heterocycles. The molecule has 0 amide bonds. The summed E-state index contributed by atoms with van der Waals surface area (Å²) in [4.78, 5) is 13.0. The smallest absolute Gasteiger partial charge is 0.328 e. The number of ether oxygens (including phenoxy) is 1. The Labute approximate surface area is 119 Å². The van der Waals surface area contributed by atoms with Gasteiger partial charge in [0.1, 0.15) is 12.1 Å². The SMILES string of the molecule is CC1CC(OC(=O)C(N)c2cccs2)CC(C)(C)C1. The van der Waals surface area contributed by atoms with E-state index in [1.807, 2.05) is 17.5 Å². The third kappa shape index (κ3) is 3.80. The zero-order valence-corrected chi connectivity index (χ0v) is 12.7. The van der Waals surface area contributed by atoms with Gasteiger partial charge in [-0.3, -0.25) is 0 Å². The van der Waals surface area contributed by atoms with Gasteiger partial charge in [-0.15, -0.1) is 11.3 Å². The third-order valence-electron chi connectivity index (χ3n) is 3.73. The van der Waals surface area contributed by atoms with Gasteiger partial charge in [0.2, 0.25) is 0 Å². The van der Waals surface area contributed by atoms with Crippen LogP contribution in [0.3, 0.4) is 0 Å². The largest absolute Gasteiger partial charge is 0.461 e. The molecule has 19 heavy (non-hydrogen) atoms. The minimum absolute atomic E-state index is 0.0114. The summed E-state index contributed by atoms with van der Waals surface area (Å²) in [5.74, 6) is 0.303. The zero-order chi connectivity index (χ0) is 14.0. The van der Waals surface area contributed by atoms with Crippen LogP contribution in [-0.2, 0) is 9.53 Å². The Morgan fingerprint density at radius 3 is 2.84 bits per heavy atom. The van der Waals surface area contributed by atoms with E-state index in [1.54, 1.807) is 0 Å². The fourth-order valence-corrected chi connectivity index (χ4v) is 3.88. The van der Waals surface area contributed by atoms with Crippen LogP contribution in [0.5, 0.6) is 0 Å². The molecular weight excluding hydrogens is 258 g/mol.